The van der Waals surface area contributed by atoms with E-state index < -0.39 is 24.2 Å². The number of rotatable bonds is 3. The predicted molar refractivity (Wildman–Crippen MR) is 54.0 cm³/mol. The van der Waals surface area contributed by atoms with Crippen LogP contribution < -0.4 is 0 Å². The van der Waals surface area contributed by atoms with E-state index in [9.17, 15) is 9.59 Å². The van der Waals surface area contributed by atoms with Gasteiger partial charge in [0.25, 0.3) is 0 Å². The topological polar surface area (TPSA) is 87.1 Å². The van der Waals surface area contributed by atoms with Crippen LogP contribution in [0.2, 0.25) is 0 Å². The third kappa shape index (κ3) is 2.59. The molecule has 16 heavy (non-hydrogen) atoms. The van der Waals surface area contributed by atoms with Gasteiger partial charge in [0.1, 0.15) is 6.04 Å². The number of ether oxygens (including phenoxy) is 1. The second kappa shape index (κ2) is 5.09. The molecule has 0 aliphatic carbocycles. The molecule has 1 aliphatic heterocycles. The molecule has 2 unspecified atom stereocenters. The van der Waals surface area contributed by atoms with Gasteiger partial charge in [-0.15, -0.1) is 0 Å². The van der Waals surface area contributed by atoms with E-state index in [0.717, 1.165) is 0 Å². The van der Waals surface area contributed by atoms with Crippen LogP contribution >= 0.6 is 0 Å². The number of carbonyl (C=O) groups excluding carboxylic acids is 2. The molecular formula is C10H15NO5. The molecule has 2 atom stereocenters. The van der Waals surface area contributed by atoms with E-state index in [0.29, 0.717) is 0 Å². The summed E-state index contributed by atoms with van der Waals surface area (Å²) in [6.07, 6.45) is 1.12. The SMILES string of the molecule is COC(=O)C1C(C)C(=O)C=CN1CC(O)O. The van der Waals surface area contributed by atoms with Gasteiger partial charge in [-0.1, -0.05) is 6.92 Å². The molecule has 6 nitrogen and oxygen atoms in total. The molecule has 1 aliphatic rings. The normalized spacial score (nSPS) is 25.1. The summed E-state index contributed by atoms with van der Waals surface area (Å²) in [5.41, 5.74) is 0. The second-order valence-corrected chi connectivity index (χ2v) is 3.65. The number of nitrogens with zero attached hydrogens (tertiary/aromatic N) is 1. The summed E-state index contributed by atoms with van der Waals surface area (Å²) in [6, 6.07) is -0.802. The summed E-state index contributed by atoms with van der Waals surface area (Å²) in [5, 5.41) is 17.7. The van der Waals surface area contributed by atoms with Crippen LogP contribution in [-0.4, -0.2) is 52.9 Å². The highest BCUT2D eigenvalue weighted by Crippen LogP contribution is 2.20. The van der Waals surface area contributed by atoms with Crippen molar-refractivity contribution in [3.05, 3.63) is 12.3 Å². The van der Waals surface area contributed by atoms with Gasteiger partial charge >= 0.3 is 5.97 Å². The summed E-state index contributed by atoms with van der Waals surface area (Å²) >= 11 is 0. The maximum Gasteiger partial charge on any atom is 0.329 e. The van der Waals surface area contributed by atoms with Gasteiger partial charge in [-0.3, -0.25) is 4.79 Å². The van der Waals surface area contributed by atoms with E-state index in [1.165, 1.54) is 24.3 Å². The Bertz CT molecular complexity index is 312. The molecule has 2 N–H and O–H groups in total. The van der Waals surface area contributed by atoms with E-state index >= 15 is 0 Å². The van der Waals surface area contributed by atoms with Gasteiger partial charge in [0, 0.05) is 6.20 Å². The van der Waals surface area contributed by atoms with Gasteiger partial charge in [0.15, 0.2) is 12.1 Å². The third-order valence-corrected chi connectivity index (χ3v) is 2.53. The summed E-state index contributed by atoms with van der Waals surface area (Å²) in [6.45, 7) is 1.46. The molecule has 0 bridgehead atoms. The average molecular weight is 229 g/mol. The highest BCUT2D eigenvalue weighted by Gasteiger charge is 2.37. The first-order valence-corrected chi connectivity index (χ1v) is 4.89. The number of aliphatic hydroxyl groups excluding tert-OH is 1. The van der Waals surface area contributed by atoms with Crippen molar-refractivity contribution < 1.29 is 24.5 Å². The zero-order valence-electron chi connectivity index (χ0n) is 9.16. The molecule has 1 heterocycles. The first-order valence-electron chi connectivity index (χ1n) is 4.89. The van der Waals surface area contributed by atoms with Crippen LogP contribution in [0.4, 0.5) is 0 Å². The molecule has 0 aromatic heterocycles. The number of esters is 1. The summed E-state index contributed by atoms with van der Waals surface area (Å²) in [7, 11) is 1.23. The fourth-order valence-corrected chi connectivity index (χ4v) is 1.68. The zero-order chi connectivity index (χ0) is 12.3. The van der Waals surface area contributed by atoms with Crippen LogP contribution in [0.1, 0.15) is 6.92 Å². The highest BCUT2D eigenvalue weighted by molar-refractivity contribution is 5.97. The van der Waals surface area contributed by atoms with E-state index in [1.807, 2.05) is 0 Å². The number of aliphatic hydroxyl groups is 2. The number of ketones is 1. The Hall–Kier alpha value is -1.40. The van der Waals surface area contributed by atoms with E-state index in [4.69, 9.17) is 10.2 Å². The van der Waals surface area contributed by atoms with Gasteiger partial charge in [0.2, 0.25) is 0 Å². The second-order valence-electron chi connectivity index (χ2n) is 3.65. The summed E-state index contributed by atoms with van der Waals surface area (Å²) in [5.74, 6) is -1.30. The van der Waals surface area contributed by atoms with Crippen molar-refractivity contribution in [1.82, 2.24) is 4.90 Å². The maximum absolute atomic E-state index is 11.5. The minimum Gasteiger partial charge on any atom is -0.467 e. The van der Waals surface area contributed by atoms with Crippen LogP contribution in [0.5, 0.6) is 0 Å². The number of carbonyl (C=O) groups is 2. The number of β-amino-alcohol motifs (C(OH)–C–C–N with tert-alkyl or cyclic N) is 2. The Morgan fingerprint density at radius 2 is 2.25 bits per heavy atom. The first kappa shape index (κ1) is 12.7. The lowest BCUT2D eigenvalue weighted by Crippen LogP contribution is -2.50. The number of hydrogen-bond donors (Lipinski definition) is 2. The zero-order valence-corrected chi connectivity index (χ0v) is 9.16. The fraction of sp³-hybridized carbons (Fsp3) is 0.600. The Morgan fingerprint density at radius 3 is 2.75 bits per heavy atom. The molecule has 90 valence electrons. The van der Waals surface area contributed by atoms with E-state index in [2.05, 4.69) is 4.74 Å². The molecule has 0 radical (unpaired) electrons. The highest BCUT2D eigenvalue weighted by atomic mass is 16.5. The van der Waals surface area contributed by atoms with Crippen molar-refractivity contribution >= 4 is 11.8 Å². The maximum atomic E-state index is 11.5. The van der Waals surface area contributed by atoms with Crippen LogP contribution in [0.3, 0.4) is 0 Å². The van der Waals surface area contributed by atoms with Crippen molar-refractivity contribution in [2.75, 3.05) is 13.7 Å². The van der Waals surface area contributed by atoms with Crippen molar-refractivity contribution in [2.45, 2.75) is 19.3 Å². The Kier molecular flexibility index (Phi) is 4.03. The van der Waals surface area contributed by atoms with Crippen LogP contribution in [-0.2, 0) is 14.3 Å². The molecule has 0 spiro atoms. The van der Waals surface area contributed by atoms with Crippen LogP contribution in [0, 0.1) is 5.92 Å². The van der Waals surface area contributed by atoms with Crippen molar-refractivity contribution in [3.8, 4) is 0 Å². The van der Waals surface area contributed by atoms with Crippen molar-refractivity contribution in [2.24, 2.45) is 5.92 Å². The van der Waals surface area contributed by atoms with Gasteiger partial charge in [-0.2, -0.15) is 0 Å². The monoisotopic (exact) mass is 229 g/mol. The molecular weight excluding hydrogens is 214 g/mol. The van der Waals surface area contributed by atoms with Gasteiger partial charge in [-0.25, -0.2) is 4.79 Å². The molecule has 0 saturated carbocycles. The Balaban J connectivity index is 2.91. The van der Waals surface area contributed by atoms with Crippen LogP contribution in [0.15, 0.2) is 12.3 Å². The van der Waals surface area contributed by atoms with Crippen molar-refractivity contribution in [3.63, 3.8) is 0 Å². The van der Waals surface area contributed by atoms with E-state index in [1.54, 1.807) is 6.92 Å². The number of methoxy groups -OCH3 is 1. The smallest absolute Gasteiger partial charge is 0.329 e. The number of allylic oxidation sites excluding steroid dienone is 1. The van der Waals surface area contributed by atoms with Crippen LogP contribution in [0.25, 0.3) is 0 Å². The predicted octanol–water partition coefficient (Wildman–Crippen LogP) is -1.13. The lowest BCUT2D eigenvalue weighted by Gasteiger charge is -2.34. The Labute approximate surface area is 93.1 Å². The minimum atomic E-state index is -1.57. The molecule has 0 aromatic rings. The molecule has 0 saturated heterocycles. The molecule has 6 heteroatoms. The fourth-order valence-electron chi connectivity index (χ4n) is 1.68. The van der Waals surface area contributed by atoms with Gasteiger partial charge in [0.05, 0.1) is 19.6 Å². The molecule has 0 fully saturated rings. The number of hydrogen-bond acceptors (Lipinski definition) is 6. The Morgan fingerprint density at radius 1 is 1.62 bits per heavy atom. The minimum absolute atomic E-state index is 0.145. The average Bonchev–Trinajstić information content (AvgIpc) is 2.22. The standard InChI is InChI=1S/C10H15NO5/c1-6-7(12)3-4-11(5-8(13)14)9(6)10(15)16-2/h3-4,6,8-9,13-14H,5H2,1-2H3. The lowest BCUT2D eigenvalue weighted by atomic mass is 9.93. The third-order valence-electron chi connectivity index (χ3n) is 2.53. The quantitative estimate of drug-likeness (QED) is 0.470. The van der Waals surface area contributed by atoms with Gasteiger partial charge < -0.3 is 19.8 Å². The lowest BCUT2D eigenvalue weighted by molar-refractivity contribution is -0.152. The van der Waals surface area contributed by atoms with E-state index in [-0.39, 0.29) is 12.3 Å². The van der Waals surface area contributed by atoms with Crippen molar-refractivity contribution in [1.29, 1.82) is 0 Å². The molecule has 0 aromatic carbocycles. The largest absolute Gasteiger partial charge is 0.467 e. The van der Waals surface area contributed by atoms with Gasteiger partial charge in [-0.05, 0) is 6.08 Å². The first-order chi connectivity index (χ1) is 7.47. The molecule has 0 amide bonds. The summed E-state index contributed by atoms with van der Waals surface area (Å²) < 4.78 is 4.59. The molecule has 1 rings (SSSR count). The summed E-state index contributed by atoms with van der Waals surface area (Å²) in [4.78, 5) is 24.3.